The first-order valence-electron chi connectivity index (χ1n) is 5.28. The Labute approximate surface area is 97.6 Å². The van der Waals surface area contributed by atoms with Crippen LogP contribution < -0.4 is 5.73 Å². The minimum atomic E-state index is -0.590. The largest absolute Gasteiger partial charge is 0.347 e. The Kier molecular flexibility index (Phi) is 4.93. The zero-order chi connectivity index (χ0) is 13.1. The van der Waals surface area contributed by atoms with E-state index in [-0.39, 0.29) is 23.8 Å². The molecule has 0 bridgehead atoms. The molecule has 0 fully saturated rings. The number of carbonyl (C=O) groups excluding carboxylic acids is 2. The SMILES string of the molecule is CN(C)C(=O)CN(C)C(=O)[C@@H](N)C(C)(C)C. The number of hydrogen-bond donors (Lipinski definition) is 1. The molecule has 0 unspecified atom stereocenters. The van der Waals surface area contributed by atoms with Crippen molar-refractivity contribution in [2.75, 3.05) is 27.7 Å². The molecular weight excluding hydrogens is 206 g/mol. The van der Waals surface area contributed by atoms with Crippen molar-refractivity contribution in [1.29, 1.82) is 0 Å². The van der Waals surface area contributed by atoms with Gasteiger partial charge in [-0.3, -0.25) is 9.59 Å². The highest BCUT2D eigenvalue weighted by molar-refractivity contribution is 5.87. The highest BCUT2D eigenvalue weighted by Crippen LogP contribution is 2.18. The summed E-state index contributed by atoms with van der Waals surface area (Å²) in [7, 11) is 4.91. The summed E-state index contributed by atoms with van der Waals surface area (Å²) in [6.07, 6.45) is 0. The third-order valence-electron chi connectivity index (χ3n) is 2.45. The van der Waals surface area contributed by atoms with E-state index in [1.807, 2.05) is 20.8 Å². The monoisotopic (exact) mass is 229 g/mol. The molecule has 0 aliphatic carbocycles. The predicted molar refractivity (Wildman–Crippen MR) is 63.8 cm³/mol. The van der Waals surface area contributed by atoms with Crippen LogP contribution in [0.25, 0.3) is 0 Å². The molecule has 16 heavy (non-hydrogen) atoms. The van der Waals surface area contributed by atoms with E-state index < -0.39 is 6.04 Å². The van der Waals surface area contributed by atoms with Gasteiger partial charge in [-0.25, -0.2) is 0 Å². The molecule has 0 aromatic heterocycles. The lowest BCUT2D eigenvalue weighted by atomic mass is 9.86. The summed E-state index contributed by atoms with van der Waals surface area (Å²) in [6.45, 7) is 5.77. The van der Waals surface area contributed by atoms with Crippen LogP contribution in [-0.2, 0) is 9.59 Å². The molecule has 2 amide bonds. The second kappa shape index (κ2) is 5.30. The average molecular weight is 229 g/mol. The summed E-state index contributed by atoms with van der Waals surface area (Å²) in [5.74, 6) is -0.320. The van der Waals surface area contributed by atoms with Gasteiger partial charge in [-0.05, 0) is 5.41 Å². The molecule has 2 N–H and O–H groups in total. The van der Waals surface area contributed by atoms with E-state index in [2.05, 4.69) is 0 Å². The van der Waals surface area contributed by atoms with Crippen LogP contribution in [0.3, 0.4) is 0 Å². The highest BCUT2D eigenvalue weighted by Gasteiger charge is 2.30. The van der Waals surface area contributed by atoms with Gasteiger partial charge in [0, 0.05) is 21.1 Å². The van der Waals surface area contributed by atoms with Crippen LogP contribution in [0.15, 0.2) is 0 Å². The zero-order valence-electron chi connectivity index (χ0n) is 11.1. The molecule has 0 aromatic carbocycles. The van der Waals surface area contributed by atoms with Crippen molar-refractivity contribution in [2.45, 2.75) is 26.8 Å². The van der Waals surface area contributed by atoms with Crippen LogP contribution in [0.5, 0.6) is 0 Å². The molecule has 0 saturated heterocycles. The molecule has 0 saturated carbocycles. The summed E-state index contributed by atoms with van der Waals surface area (Å²) in [5, 5.41) is 0. The van der Waals surface area contributed by atoms with Gasteiger partial charge >= 0.3 is 0 Å². The maximum atomic E-state index is 11.9. The van der Waals surface area contributed by atoms with Gasteiger partial charge in [-0.1, -0.05) is 20.8 Å². The summed E-state index contributed by atoms with van der Waals surface area (Å²) >= 11 is 0. The fourth-order valence-corrected chi connectivity index (χ4v) is 1.03. The smallest absolute Gasteiger partial charge is 0.241 e. The fourth-order valence-electron chi connectivity index (χ4n) is 1.03. The fraction of sp³-hybridized carbons (Fsp3) is 0.818. The first-order chi connectivity index (χ1) is 7.07. The molecule has 0 aliphatic heterocycles. The van der Waals surface area contributed by atoms with E-state index in [1.165, 1.54) is 9.80 Å². The van der Waals surface area contributed by atoms with Gasteiger partial charge in [-0.15, -0.1) is 0 Å². The number of likely N-dealkylation sites (N-methyl/N-ethyl adjacent to an activating group) is 2. The first kappa shape index (κ1) is 14.9. The lowest BCUT2D eigenvalue weighted by Gasteiger charge is -2.30. The van der Waals surface area contributed by atoms with Crippen molar-refractivity contribution in [3.8, 4) is 0 Å². The van der Waals surface area contributed by atoms with Gasteiger partial charge < -0.3 is 15.5 Å². The number of carbonyl (C=O) groups is 2. The van der Waals surface area contributed by atoms with Crippen molar-refractivity contribution < 1.29 is 9.59 Å². The minimum Gasteiger partial charge on any atom is -0.347 e. The van der Waals surface area contributed by atoms with E-state index in [0.717, 1.165) is 0 Å². The van der Waals surface area contributed by atoms with Crippen molar-refractivity contribution in [2.24, 2.45) is 11.1 Å². The zero-order valence-corrected chi connectivity index (χ0v) is 11.1. The number of nitrogens with zero attached hydrogens (tertiary/aromatic N) is 2. The highest BCUT2D eigenvalue weighted by atomic mass is 16.2. The molecule has 0 heterocycles. The molecule has 0 rings (SSSR count). The van der Waals surface area contributed by atoms with E-state index in [9.17, 15) is 9.59 Å². The Morgan fingerprint density at radius 2 is 1.62 bits per heavy atom. The molecule has 1 atom stereocenters. The first-order valence-corrected chi connectivity index (χ1v) is 5.28. The Hall–Kier alpha value is -1.10. The maximum Gasteiger partial charge on any atom is 0.241 e. The average Bonchev–Trinajstić information content (AvgIpc) is 2.13. The van der Waals surface area contributed by atoms with Gasteiger partial charge in [0.1, 0.15) is 0 Å². The van der Waals surface area contributed by atoms with E-state index in [1.54, 1.807) is 21.1 Å². The van der Waals surface area contributed by atoms with Gasteiger partial charge in [0.05, 0.1) is 12.6 Å². The van der Waals surface area contributed by atoms with Crippen molar-refractivity contribution in [3.05, 3.63) is 0 Å². The number of rotatable bonds is 3. The summed E-state index contributed by atoms with van der Waals surface area (Å²) in [6, 6.07) is -0.590. The van der Waals surface area contributed by atoms with Crippen molar-refractivity contribution in [3.63, 3.8) is 0 Å². The second-order valence-electron chi connectivity index (χ2n) is 5.33. The second-order valence-corrected chi connectivity index (χ2v) is 5.33. The Balaban J connectivity index is 4.46. The van der Waals surface area contributed by atoms with Crippen LogP contribution in [-0.4, -0.2) is 55.3 Å². The molecule has 0 radical (unpaired) electrons. The number of hydrogen-bond acceptors (Lipinski definition) is 3. The summed E-state index contributed by atoms with van der Waals surface area (Å²) in [4.78, 5) is 26.1. The molecule has 5 nitrogen and oxygen atoms in total. The topological polar surface area (TPSA) is 66.6 Å². The molecule has 0 spiro atoms. The lowest BCUT2D eigenvalue weighted by molar-refractivity contribution is -0.140. The third-order valence-corrected chi connectivity index (χ3v) is 2.45. The predicted octanol–water partition coefficient (Wildman–Crippen LogP) is -0.0936. The summed E-state index contributed by atoms with van der Waals surface area (Å²) < 4.78 is 0. The molecule has 94 valence electrons. The summed E-state index contributed by atoms with van der Waals surface area (Å²) in [5.41, 5.74) is 5.53. The van der Waals surface area contributed by atoms with E-state index in [0.29, 0.717) is 0 Å². The number of amides is 2. The molecular formula is C11H23N3O2. The van der Waals surface area contributed by atoms with E-state index >= 15 is 0 Å². The lowest BCUT2D eigenvalue weighted by Crippen LogP contribution is -2.51. The Morgan fingerprint density at radius 3 is 1.94 bits per heavy atom. The number of nitrogens with two attached hydrogens (primary N) is 1. The van der Waals surface area contributed by atoms with Crippen LogP contribution in [0, 0.1) is 5.41 Å². The molecule has 0 aromatic rings. The quantitative estimate of drug-likeness (QED) is 0.735. The van der Waals surface area contributed by atoms with Gasteiger partial charge in [0.25, 0.3) is 0 Å². The normalized spacial score (nSPS) is 13.2. The van der Waals surface area contributed by atoms with Crippen molar-refractivity contribution >= 4 is 11.8 Å². The molecule has 5 heteroatoms. The van der Waals surface area contributed by atoms with Crippen LogP contribution >= 0.6 is 0 Å². The van der Waals surface area contributed by atoms with Gasteiger partial charge in [0.2, 0.25) is 11.8 Å². The van der Waals surface area contributed by atoms with E-state index in [4.69, 9.17) is 5.73 Å². The van der Waals surface area contributed by atoms with Gasteiger partial charge in [0.15, 0.2) is 0 Å². The Bertz CT molecular complexity index is 269. The van der Waals surface area contributed by atoms with Crippen molar-refractivity contribution in [1.82, 2.24) is 9.80 Å². The van der Waals surface area contributed by atoms with Gasteiger partial charge in [-0.2, -0.15) is 0 Å². The van der Waals surface area contributed by atoms with Crippen LogP contribution in [0.2, 0.25) is 0 Å². The van der Waals surface area contributed by atoms with Crippen LogP contribution in [0.1, 0.15) is 20.8 Å². The standard InChI is InChI=1S/C11H23N3O2/c1-11(2,3)9(12)10(16)14(6)7-8(15)13(4)5/h9H,7,12H2,1-6H3/t9-/m1/s1. The van der Waals surface area contributed by atoms with Crippen LogP contribution in [0.4, 0.5) is 0 Å². The minimum absolute atomic E-state index is 0.0651. The Morgan fingerprint density at radius 1 is 1.19 bits per heavy atom. The maximum absolute atomic E-state index is 11.9. The third kappa shape index (κ3) is 4.18. The molecule has 0 aliphatic rings.